The SMILES string of the molecule is CC(C)CC(N)C(=O)C1CC(C)CCN1NCc1cc(Cl)ccc1-n1cnnn1. The van der Waals surface area contributed by atoms with Crippen molar-refractivity contribution >= 4 is 17.4 Å². The molecule has 2 heterocycles. The molecule has 0 radical (unpaired) electrons. The summed E-state index contributed by atoms with van der Waals surface area (Å²) >= 11 is 6.22. The minimum absolute atomic E-state index is 0.115. The monoisotopic (exact) mass is 419 g/mol. The first-order chi connectivity index (χ1) is 13.8. The fraction of sp³-hybridized carbons (Fsp3) is 0.600. The van der Waals surface area contributed by atoms with Gasteiger partial charge in [-0.2, -0.15) is 0 Å². The van der Waals surface area contributed by atoms with Crippen LogP contribution in [-0.4, -0.2) is 49.6 Å². The van der Waals surface area contributed by atoms with Gasteiger partial charge in [0.25, 0.3) is 0 Å². The molecule has 1 aromatic carbocycles. The molecule has 1 saturated heterocycles. The summed E-state index contributed by atoms with van der Waals surface area (Å²) in [7, 11) is 0. The number of hydrogen-bond acceptors (Lipinski definition) is 7. The van der Waals surface area contributed by atoms with Crippen LogP contribution >= 0.6 is 11.6 Å². The summed E-state index contributed by atoms with van der Waals surface area (Å²) in [5.41, 5.74) is 11.5. The first-order valence-corrected chi connectivity index (χ1v) is 10.5. The average Bonchev–Trinajstić information content (AvgIpc) is 3.20. The Morgan fingerprint density at radius 3 is 2.90 bits per heavy atom. The van der Waals surface area contributed by atoms with Crippen LogP contribution in [0, 0.1) is 11.8 Å². The highest BCUT2D eigenvalue weighted by atomic mass is 35.5. The van der Waals surface area contributed by atoms with Crippen molar-refractivity contribution in [3.63, 3.8) is 0 Å². The summed E-state index contributed by atoms with van der Waals surface area (Å²) in [6.45, 7) is 7.68. The second-order valence-corrected chi connectivity index (χ2v) is 8.78. The number of benzene rings is 1. The van der Waals surface area contributed by atoms with Gasteiger partial charge in [-0.3, -0.25) is 10.2 Å². The molecule has 0 amide bonds. The molecule has 9 heteroatoms. The van der Waals surface area contributed by atoms with Gasteiger partial charge in [-0.1, -0.05) is 32.4 Å². The summed E-state index contributed by atoms with van der Waals surface area (Å²) < 4.78 is 1.60. The number of halogens is 1. The lowest BCUT2D eigenvalue weighted by atomic mass is 9.87. The van der Waals surface area contributed by atoms with Gasteiger partial charge in [-0.25, -0.2) is 9.69 Å². The molecule has 1 fully saturated rings. The number of tetrazole rings is 1. The number of nitrogens with two attached hydrogens (primary N) is 1. The van der Waals surface area contributed by atoms with Crippen molar-refractivity contribution in [2.24, 2.45) is 17.6 Å². The minimum atomic E-state index is -0.433. The Bertz CT molecular complexity index is 811. The first-order valence-electron chi connectivity index (χ1n) is 10.2. The van der Waals surface area contributed by atoms with Crippen LogP contribution < -0.4 is 11.2 Å². The number of nitrogens with zero attached hydrogens (tertiary/aromatic N) is 5. The zero-order valence-electron chi connectivity index (χ0n) is 17.3. The van der Waals surface area contributed by atoms with Crippen molar-refractivity contribution in [2.75, 3.05) is 6.54 Å². The molecule has 3 unspecified atom stereocenters. The maximum atomic E-state index is 13.1. The van der Waals surface area contributed by atoms with Gasteiger partial charge in [0.05, 0.1) is 17.8 Å². The summed E-state index contributed by atoms with van der Waals surface area (Å²) in [6.07, 6.45) is 4.10. The highest BCUT2D eigenvalue weighted by molar-refractivity contribution is 6.30. The molecule has 0 saturated carbocycles. The Morgan fingerprint density at radius 1 is 1.41 bits per heavy atom. The molecule has 1 aliphatic heterocycles. The van der Waals surface area contributed by atoms with Gasteiger partial charge >= 0.3 is 0 Å². The van der Waals surface area contributed by atoms with Crippen molar-refractivity contribution in [3.8, 4) is 5.69 Å². The third kappa shape index (κ3) is 5.60. The molecule has 158 valence electrons. The van der Waals surface area contributed by atoms with E-state index in [2.05, 4.69) is 41.7 Å². The molecule has 1 aliphatic rings. The molecule has 0 bridgehead atoms. The molecule has 3 rings (SSSR count). The number of hydrazine groups is 1. The van der Waals surface area contributed by atoms with E-state index >= 15 is 0 Å². The van der Waals surface area contributed by atoms with Crippen LogP contribution in [0.4, 0.5) is 0 Å². The fourth-order valence-electron chi connectivity index (χ4n) is 3.85. The molecule has 3 N–H and O–H groups in total. The highest BCUT2D eigenvalue weighted by Crippen LogP contribution is 2.24. The van der Waals surface area contributed by atoms with Gasteiger partial charge in [0.15, 0.2) is 5.78 Å². The van der Waals surface area contributed by atoms with Crippen LogP contribution in [0.15, 0.2) is 24.5 Å². The number of Topliss-reactive ketones (excluding diaryl/α,β-unsaturated/α-hetero) is 1. The van der Waals surface area contributed by atoms with Crippen LogP contribution in [-0.2, 0) is 11.3 Å². The Morgan fingerprint density at radius 2 is 2.21 bits per heavy atom. The van der Waals surface area contributed by atoms with Crippen LogP contribution in [0.3, 0.4) is 0 Å². The van der Waals surface area contributed by atoms with Gasteiger partial charge in [0.2, 0.25) is 0 Å². The number of nitrogens with one attached hydrogen (secondary N) is 1. The Hall–Kier alpha value is -1.87. The smallest absolute Gasteiger partial charge is 0.167 e. The molecule has 1 aromatic heterocycles. The standard InChI is InChI=1S/C20H30ClN7O/c1-13(2)8-17(22)20(29)19-9-14(3)6-7-27(19)24-11-15-10-16(21)4-5-18(15)28-12-23-25-26-28/h4-5,10,12-14,17,19,24H,6-9,11,22H2,1-3H3. The highest BCUT2D eigenvalue weighted by Gasteiger charge is 2.34. The minimum Gasteiger partial charge on any atom is -0.321 e. The number of carbonyl (C=O) groups is 1. The third-order valence-corrected chi connectivity index (χ3v) is 5.63. The van der Waals surface area contributed by atoms with E-state index < -0.39 is 6.04 Å². The zero-order valence-corrected chi connectivity index (χ0v) is 18.0. The molecular formula is C20H30ClN7O. The Balaban J connectivity index is 1.74. The molecule has 29 heavy (non-hydrogen) atoms. The fourth-order valence-corrected chi connectivity index (χ4v) is 4.04. The van der Waals surface area contributed by atoms with Gasteiger partial charge < -0.3 is 5.73 Å². The van der Waals surface area contributed by atoms with Crippen LogP contribution in [0.25, 0.3) is 5.69 Å². The molecule has 0 spiro atoms. The maximum Gasteiger partial charge on any atom is 0.167 e. The van der Waals surface area contributed by atoms with E-state index in [0.29, 0.717) is 29.8 Å². The van der Waals surface area contributed by atoms with Crippen LogP contribution in [0.5, 0.6) is 0 Å². The topological polar surface area (TPSA) is 102 Å². The lowest BCUT2D eigenvalue weighted by Gasteiger charge is -2.39. The first kappa shape index (κ1) is 21.8. The van der Waals surface area contributed by atoms with E-state index in [1.165, 1.54) is 0 Å². The van der Waals surface area contributed by atoms with Crippen molar-refractivity contribution in [3.05, 3.63) is 35.1 Å². The van der Waals surface area contributed by atoms with E-state index in [0.717, 1.165) is 30.6 Å². The Kier molecular flexibility index (Phi) is 7.34. The number of carbonyl (C=O) groups excluding carboxylic acids is 1. The van der Waals surface area contributed by atoms with E-state index in [1.54, 1.807) is 11.0 Å². The van der Waals surface area contributed by atoms with Gasteiger partial charge in [0.1, 0.15) is 6.33 Å². The number of hydrogen-bond donors (Lipinski definition) is 2. The van der Waals surface area contributed by atoms with Crippen molar-refractivity contribution in [1.82, 2.24) is 30.6 Å². The summed E-state index contributed by atoms with van der Waals surface area (Å²) in [6, 6.07) is 4.93. The average molecular weight is 420 g/mol. The van der Waals surface area contributed by atoms with Gasteiger partial charge in [-0.15, -0.1) is 5.10 Å². The maximum absolute atomic E-state index is 13.1. The Labute approximate surface area is 176 Å². The second-order valence-electron chi connectivity index (χ2n) is 8.34. The molecule has 8 nitrogen and oxygen atoms in total. The summed E-state index contributed by atoms with van der Waals surface area (Å²) in [4.78, 5) is 13.1. The number of ketones is 1. The summed E-state index contributed by atoms with van der Waals surface area (Å²) in [5.74, 6) is 1.00. The number of rotatable bonds is 8. The lowest BCUT2D eigenvalue weighted by molar-refractivity contribution is -0.129. The summed E-state index contributed by atoms with van der Waals surface area (Å²) in [5, 5.41) is 14.1. The normalized spacial score (nSPS) is 21.4. The number of aromatic nitrogens is 4. The van der Waals surface area contributed by atoms with E-state index in [1.807, 2.05) is 23.2 Å². The van der Waals surface area contributed by atoms with Crippen molar-refractivity contribution in [1.29, 1.82) is 0 Å². The van der Waals surface area contributed by atoms with Crippen molar-refractivity contribution < 1.29 is 4.79 Å². The van der Waals surface area contributed by atoms with Crippen molar-refractivity contribution in [2.45, 2.75) is 58.7 Å². The van der Waals surface area contributed by atoms with E-state index in [4.69, 9.17) is 17.3 Å². The largest absolute Gasteiger partial charge is 0.321 e. The third-order valence-electron chi connectivity index (χ3n) is 5.39. The second kappa shape index (κ2) is 9.75. The van der Waals surface area contributed by atoms with E-state index in [9.17, 15) is 4.79 Å². The molecule has 0 aliphatic carbocycles. The molecule has 2 aromatic rings. The number of piperidine rings is 1. The zero-order chi connectivity index (χ0) is 21.0. The van der Waals surface area contributed by atoms with E-state index in [-0.39, 0.29) is 11.8 Å². The van der Waals surface area contributed by atoms with Crippen LogP contribution in [0.2, 0.25) is 5.02 Å². The predicted molar refractivity (Wildman–Crippen MR) is 112 cm³/mol. The predicted octanol–water partition coefficient (Wildman–Crippen LogP) is 2.36. The van der Waals surface area contributed by atoms with Gasteiger partial charge in [0, 0.05) is 18.1 Å². The quantitative estimate of drug-likeness (QED) is 0.677. The van der Waals surface area contributed by atoms with Gasteiger partial charge in [-0.05, 0) is 65.3 Å². The molecular weight excluding hydrogens is 390 g/mol. The van der Waals surface area contributed by atoms with Crippen LogP contribution in [0.1, 0.15) is 45.6 Å². The lowest BCUT2D eigenvalue weighted by Crippen LogP contribution is -2.56. The molecule has 3 atom stereocenters.